The Kier molecular flexibility index (Phi) is 3.33. The van der Waals surface area contributed by atoms with Crippen molar-refractivity contribution in [3.05, 3.63) is 0 Å². The van der Waals surface area contributed by atoms with E-state index in [1.807, 2.05) is 6.92 Å². The average molecular weight is 187 g/mol. The molecule has 1 heterocycles. The van der Waals surface area contributed by atoms with Crippen LogP contribution in [-0.2, 0) is 4.74 Å². The molecule has 0 aromatic heterocycles. The van der Waals surface area contributed by atoms with Gasteiger partial charge in [-0.25, -0.2) is 0 Å². The monoisotopic (exact) mass is 187 g/mol. The molecule has 3 nitrogen and oxygen atoms in total. The van der Waals surface area contributed by atoms with Gasteiger partial charge in [-0.2, -0.15) is 0 Å². The van der Waals surface area contributed by atoms with Crippen LogP contribution in [0.15, 0.2) is 0 Å². The Balaban J connectivity index is 2.63. The predicted octanol–water partition coefficient (Wildman–Crippen LogP) is 0.867. The molecule has 13 heavy (non-hydrogen) atoms. The summed E-state index contributed by atoms with van der Waals surface area (Å²) in [5, 5.41) is 9.92. The van der Waals surface area contributed by atoms with E-state index in [1.54, 1.807) is 0 Å². The third-order valence-electron chi connectivity index (χ3n) is 2.44. The summed E-state index contributed by atoms with van der Waals surface area (Å²) in [4.78, 5) is 2.26. The normalized spacial score (nSPS) is 37.8. The molecule has 0 amide bonds. The molecule has 2 atom stereocenters. The highest BCUT2D eigenvalue weighted by molar-refractivity contribution is 4.83. The second-order valence-corrected chi connectivity index (χ2v) is 4.64. The van der Waals surface area contributed by atoms with Gasteiger partial charge in [0, 0.05) is 19.1 Å². The fourth-order valence-electron chi connectivity index (χ4n) is 1.65. The maximum Gasteiger partial charge on any atom is 0.0978 e. The first-order valence-electron chi connectivity index (χ1n) is 4.99. The van der Waals surface area contributed by atoms with Crippen LogP contribution in [0.2, 0.25) is 0 Å². The molecule has 1 N–H and O–H groups in total. The largest absolute Gasteiger partial charge is 0.386 e. The summed E-state index contributed by atoms with van der Waals surface area (Å²) in [7, 11) is 0. The van der Waals surface area contributed by atoms with Crippen molar-refractivity contribution in [3.63, 3.8) is 0 Å². The number of aliphatic hydroxyl groups is 1. The van der Waals surface area contributed by atoms with Crippen molar-refractivity contribution in [3.8, 4) is 0 Å². The molecule has 78 valence electrons. The minimum atomic E-state index is -0.699. The smallest absolute Gasteiger partial charge is 0.0978 e. The maximum absolute atomic E-state index is 9.92. The van der Waals surface area contributed by atoms with Crippen LogP contribution < -0.4 is 0 Å². The molecule has 0 aromatic carbocycles. The molecule has 1 aliphatic rings. The Morgan fingerprint density at radius 1 is 1.54 bits per heavy atom. The topological polar surface area (TPSA) is 32.7 Å². The second kappa shape index (κ2) is 3.95. The average Bonchev–Trinajstić information content (AvgIpc) is 2.11. The van der Waals surface area contributed by atoms with Gasteiger partial charge in [-0.15, -0.1) is 0 Å². The van der Waals surface area contributed by atoms with Gasteiger partial charge < -0.3 is 9.84 Å². The molecule has 0 bridgehead atoms. The number of hydrogen-bond donors (Lipinski definition) is 1. The van der Waals surface area contributed by atoms with Crippen molar-refractivity contribution in [1.29, 1.82) is 0 Å². The summed E-state index contributed by atoms with van der Waals surface area (Å²) >= 11 is 0. The molecule has 3 heteroatoms. The molecule has 1 aliphatic heterocycles. The van der Waals surface area contributed by atoms with Crippen LogP contribution in [-0.4, -0.2) is 47.4 Å². The SMILES string of the molecule is CC(C)N1C[C@H](C)OC[C@@](C)(O)C1. The van der Waals surface area contributed by atoms with E-state index in [0.29, 0.717) is 19.2 Å². The van der Waals surface area contributed by atoms with Gasteiger partial charge in [-0.1, -0.05) is 0 Å². The van der Waals surface area contributed by atoms with E-state index in [1.165, 1.54) is 0 Å². The minimum absolute atomic E-state index is 0.219. The standard InChI is InChI=1S/C10H21NO2/c1-8(2)11-5-9(3)13-7-10(4,12)6-11/h8-9,12H,5-7H2,1-4H3/t9-,10-/m0/s1. The molecule has 1 fully saturated rings. The van der Waals surface area contributed by atoms with Gasteiger partial charge in [0.15, 0.2) is 0 Å². The molecule has 0 aliphatic carbocycles. The lowest BCUT2D eigenvalue weighted by molar-refractivity contribution is -0.0391. The molecule has 1 rings (SSSR count). The maximum atomic E-state index is 9.92. The minimum Gasteiger partial charge on any atom is -0.386 e. The van der Waals surface area contributed by atoms with Gasteiger partial charge in [0.05, 0.1) is 18.3 Å². The molecule has 0 unspecified atom stereocenters. The Morgan fingerprint density at radius 3 is 2.69 bits per heavy atom. The van der Waals surface area contributed by atoms with Crippen LogP contribution in [0.5, 0.6) is 0 Å². The van der Waals surface area contributed by atoms with Crippen molar-refractivity contribution in [2.45, 2.75) is 45.4 Å². The number of β-amino-alcohol motifs (C(OH)–C–C–N with tert-alkyl or cyclic N) is 1. The number of hydrogen-bond acceptors (Lipinski definition) is 3. The van der Waals surface area contributed by atoms with E-state index < -0.39 is 5.60 Å². The molecule has 0 radical (unpaired) electrons. The van der Waals surface area contributed by atoms with E-state index in [-0.39, 0.29) is 6.10 Å². The molecule has 1 saturated heterocycles. The first-order chi connectivity index (χ1) is 5.91. The lowest BCUT2D eigenvalue weighted by Crippen LogP contribution is -2.44. The molecule has 0 spiro atoms. The van der Waals surface area contributed by atoms with Crippen LogP contribution in [0.3, 0.4) is 0 Å². The summed E-state index contributed by atoms with van der Waals surface area (Å²) in [5.74, 6) is 0. The van der Waals surface area contributed by atoms with Crippen molar-refractivity contribution in [1.82, 2.24) is 4.90 Å². The Hall–Kier alpha value is -0.120. The lowest BCUT2D eigenvalue weighted by atomic mass is 10.1. The van der Waals surface area contributed by atoms with Crippen LogP contribution in [0, 0.1) is 0 Å². The zero-order valence-corrected chi connectivity index (χ0v) is 9.08. The van der Waals surface area contributed by atoms with Crippen molar-refractivity contribution in [2.24, 2.45) is 0 Å². The van der Waals surface area contributed by atoms with E-state index in [9.17, 15) is 5.11 Å². The van der Waals surface area contributed by atoms with Gasteiger partial charge in [-0.05, 0) is 27.7 Å². The van der Waals surface area contributed by atoms with Gasteiger partial charge in [0.1, 0.15) is 0 Å². The molecule has 0 aromatic rings. The van der Waals surface area contributed by atoms with Crippen LogP contribution >= 0.6 is 0 Å². The van der Waals surface area contributed by atoms with Gasteiger partial charge in [0.25, 0.3) is 0 Å². The fraction of sp³-hybridized carbons (Fsp3) is 1.00. The van der Waals surface area contributed by atoms with Crippen LogP contribution in [0.1, 0.15) is 27.7 Å². The Morgan fingerprint density at radius 2 is 2.15 bits per heavy atom. The van der Waals surface area contributed by atoms with Crippen molar-refractivity contribution >= 4 is 0 Å². The first-order valence-corrected chi connectivity index (χ1v) is 4.99. The van der Waals surface area contributed by atoms with Crippen molar-refractivity contribution < 1.29 is 9.84 Å². The van der Waals surface area contributed by atoms with Crippen LogP contribution in [0.25, 0.3) is 0 Å². The Labute approximate surface area is 80.7 Å². The zero-order valence-electron chi connectivity index (χ0n) is 9.08. The van der Waals surface area contributed by atoms with Crippen LogP contribution in [0.4, 0.5) is 0 Å². The van der Waals surface area contributed by atoms with Gasteiger partial charge in [0.2, 0.25) is 0 Å². The molecular weight excluding hydrogens is 166 g/mol. The van der Waals surface area contributed by atoms with Gasteiger partial charge in [-0.3, -0.25) is 4.90 Å². The summed E-state index contributed by atoms with van der Waals surface area (Å²) in [6.45, 7) is 10.2. The number of ether oxygens (including phenoxy) is 1. The zero-order chi connectivity index (χ0) is 10.1. The third kappa shape index (κ3) is 3.25. The summed E-state index contributed by atoms with van der Waals surface area (Å²) in [6, 6.07) is 0.468. The fourth-order valence-corrected chi connectivity index (χ4v) is 1.65. The number of nitrogens with zero attached hydrogens (tertiary/aromatic N) is 1. The third-order valence-corrected chi connectivity index (χ3v) is 2.44. The van der Waals surface area contributed by atoms with E-state index in [4.69, 9.17) is 4.74 Å². The second-order valence-electron chi connectivity index (χ2n) is 4.64. The van der Waals surface area contributed by atoms with E-state index in [0.717, 1.165) is 6.54 Å². The highest BCUT2D eigenvalue weighted by atomic mass is 16.5. The summed E-state index contributed by atoms with van der Waals surface area (Å²) in [6.07, 6.45) is 0.219. The summed E-state index contributed by atoms with van der Waals surface area (Å²) in [5.41, 5.74) is -0.699. The lowest BCUT2D eigenvalue weighted by Gasteiger charge is -2.30. The quantitative estimate of drug-likeness (QED) is 0.661. The van der Waals surface area contributed by atoms with E-state index in [2.05, 4.69) is 25.7 Å². The highest BCUT2D eigenvalue weighted by Crippen LogP contribution is 2.16. The predicted molar refractivity (Wildman–Crippen MR) is 52.7 cm³/mol. The highest BCUT2D eigenvalue weighted by Gasteiger charge is 2.30. The summed E-state index contributed by atoms with van der Waals surface area (Å²) < 4.78 is 5.51. The van der Waals surface area contributed by atoms with Gasteiger partial charge >= 0.3 is 0 Å². The van der Waals surface area contributed by atoms with Crippen molar-refractivity contribution in [2.75, 3.05) is 19.7 Å². The molecule has 0 saturated carbocycles. The van der Waals surface area contributed by atoms with E-state index >= 15 is 0 Å². The molecular formula is C10H21NO2. The first kappa shape index (κ1) is 11.0. The number of rotatable bonds is 1. The Bertz CT molecular complexity index is 168.